The molecule has 0 spiro atoms. The SMILES string of the molecule is CC.CN1CNC(=O)C1. The fourth-order valence-corrected chi connectivity index (χ4v) is 0.580. The summed E-state index contributed by atoms with van der Waals surface area (Å²) in [6.45, 7) is 5.26. The van der Waals surface area contributed by atoms with Crippen LogP contribution in [0, 0.1) is 0 Å². The molecule has 1 heterocycles. The summed E-state index contributed by atoms with van der Waals surface area (Å²) in [5.74, 6) is 0.127. The van der Waals surface area contributed by atoms with Gasteiger partial charge in [-0.25, -0.2) is 0 Å². The zero-order valence-electron chi connectivity index (χ0n) is 6.27. The molecule has 0 aromatic rings. The van der Waals surface area contributed by atoms with E-state index in [-0.39, 0.29) is 5.91 Å². The largest absolute Gasteiger partial charge is 0.342 e. The van der Waals surface area contributed by atoms with Crippen LogP contribution in [0.25, 0.3) is 0 Å². The summed E-state index contributed by atoms with van der Waals surface area (Å²) in [5.41, 5.74) is 0. The minimum Gasteiger partial charge on any atom is -0.342 e. The van der Waals surface area contributed by atoms with E-state index in [0.29, 0.717) is 13.2 Å². The Balaban J connectivity index is 0.000000291. The van der Waals surface area contributed by atoms with Gasteiger partial charge in [-0.3, -0.25) is 9.69 Å². The van der Waals surface area contributed by atoms with Crippen molar-refractivity contribution in [2.24, 2.45) is 0 Å². The lowest BCUT2D eigenvalue weighted by Crippen LogP contribution is -2.16. The van der Waals surface area contributed by atoms with E-state index in [1.807, 2.05) is 25.8 Å². The highest BCUT2D eigenvalue weighted by molar-refractivity contribution is 5.79. The van der Waals surface area contributed by atoms with Crippen LogP contribution in [0.2, 0.25) is 0 Å². The van der Waals surface area contributed by atoms with Crippen LogP contribution in [0.3, 0.4) is 0 Å². The van der Waals surface area contributed by atoms with Crippen molar-refractivity contribution >= 4 is 5.91 Å². The van der Waals surface area contributed by atoms with Crippen molar-refractivity contribution in [1.29, 1.82) is 0 Å². The van der Waals surface area contributed by atoms with E-state index in [9.17, 15) is 4.79 Å². The first kappa shape index (κ1) is 8.43. The summed E-state index contributed by atoms with van der Waals surface area (Å²) in [4.78, 5) is 12.2. The second-order valence-corrected chi connectivity index (χ2v) is 1.77. The fourth-order valence-electron chi connectivity index (χ4n) is 0.580. The molecule has 1 N–H and O–H groups in total. The summed E-state index contributed by atoms with van der Waals surface area (Å²) in [7, 11) is 1.90. The van der Waals surface area contributed by atoms with Gasteiger partial charge in [0.15, 0.2) is 0 Å². The third-order valence-corrected chi connectivity index (χ3v) is 0.960. The summed E-state index contributed by atoms with van der Waals surface area (Å²) >= 11 is 0. The molecule has 0 saturated carbocycles. The predicted octanol–water partition coefficient (Wildman–Crippen LogP) is 0.0317. The van der Waals surface area contributed by atoms with Gasteiger partial charge in [-0.2, -0.15) is 0 Å². The maximum Gasteiger partial charge on any atom is 0.235 e. The zero-order valence-corrected chi connectivity index (χ0v) is 6.27. The summed E-state index contributed by atoms with van der Waals surface area (Å²) in [6, 6.07) is 0. The minimum atomic E-state index is 0.127. The molecule has 54 valence electrons. The van der Waals surface area contributed by atoms with Crippen molar-refractivity contribution in [3.8, 4) is 0 Å². The maximum absolute atomic E-state index is 10.3. The van der Waals surface area contributed by atoms with E-state index in [4.69, 9.17) is 0 Å². The predicted molar refractivity (Wildman–Crippen MR) is 37.0 cm³/mol. The van der Waals surface area contributed by atoms with E-state index in [2.05, 4.69) is 5.32 Å². The Morgan fingerprint density at radius 3 is 2.22 bits per heavy atom. The van der Waals surface area contributed by atoms with Crippen LogP contribution < -0.4 is 5.32 Å². The molecule has 1 fully saturated rings. The maximum atomic E-state index is 10.3. The Hall–Kier alpha value is -0.570. The molecular formula is C6H14N2O. The van der Waals surface area contributed by atoms with Crippen molar-refractivity contribution in [2.75, 3.05) is 20.3 Å². The highest BCUT2D eigenvalue weighted by atomic mass is 16.2. The molecule has 1 amide bonds. The van der Waals surface area contributed by atoms with Crippen LogP contribution in [0.5, 0.6) is 0 Å². The van der Waals surface area contributed by atoms with Gasteiger partial charge in [0.25, 0.3) is 0 Å². The molecule has 1 aliphatic rings. The van der Waals surface area contributed by atoms with Gasteiger partial charge in [-0.1, -0.05) is 13.8 Å². The molecule has 9 heavy (non-hydrogen) atoms. The summed E-state index contributed by atoms with van der Waals surface area (Å²) in [5, 5.41) is 2.66. The van der Waals surface area contributed by atoms with Crippen molar-refractivity contribution in [2.45, 2.75) is 13.8 Å². The quantitative estimate of drug-likeness (QED) is 0.502. The highest BCUT2D eigenvalue weighted by Gasteiger charge is 2.12. The van der Waals surface area contributed by atoms with Crippen molar-refractivity contribution < 1.29 is 4.79 Å². The number of nitrogens with zero attached hydrogens (tertiary/aromatic N) is 1. The molecule has 0 radical (unpaired) electrons. The van der Waals surface area contributed by atoms with Crippen molar-refractivity contribution in [1.82, 2.24) is 10.2 Å². The van der Waals surface area contributed by atoms with Gasteiger partial charge in [0, 0.05) is 0 Å². The molecule has 0 aliphatic carbocycles. The first-order valence-corrected chi connectivity index (χ1v) is 3.24. The van der Waals surface area contributed by atoms with Gasteiger partial charge in [0.2, 0.25) is 5.91 Å². The second kappa shape index (κ2) is 4.32. The standard InChI is InChI=1S/C4H8N2O.C2H6/c1-6-2-4(7)5-3-6;1-2/h2-3H2,1H3,(H,5,7);1-2H3. The van der Waals surface area contributed by atoms with Crippen LogP contribution in [-0.2, 0) is 4.79 Å². The fraction of sp³-hybridized carbons (Fsp3) is 0.833. The molecular weight excluding hydrogens is 116 g/mol. The smallest absolute Gasteiger partial charge is 0.235 e. The molecule has 1 saturated heterocycles. The molecule has 3 nitrogen and oxygen atoms in total. The van der Waals surface area contributed by atoms with Gasteiger partial charge in [-0.05, 0) is 7.05 Å². The van der Waals surface area contributed by atoms with Gasteiger partial charge < -0.3 is 5.32 Å². The van der Waals surface area contributed by atoms with Gasteiger partial charge >= 0.3 is 0 Å². The molecule has 1 aliphatic heterocycles. The number of hydrogen-bond acceptors (Lipinski definition) is 2. The molecule has 3 heteroatoms. The van der Waals surface area contributed by atoms with E-state index in [0.717, 1.165) is 0 Å². The Morgan fingerprint density at radius 1 is 1.56 bits per heavy atom. The van der Waals surface area contributed by atoms with E-state index in [1.165, 1.54) is 0 Å². The number of hydrogen-bond donors (Lipinski definition) is 1. The van der Waals surface area contributed by atoms with Crippen molar-refractivity contribution in [3.05, 3.63) is 0 Å². The number of nitrogens with one attached hydrogen (secondary N) is 1. The minimum absolute atomic E-state index is 0.127. The molecule has 0 atom stereocenters. The van der Waals surface area contributed by atoms with Crippen LogP contribution in [0.4, 0.5) is 0 Å². The summed E-state index contributed by atoms with van der Waals surface area (Å²) in [6.07, 6.45) is 0. The molecule has 0 aromatic heterocycles. The first-order chi connectivity index (χ1) is 4.29. The third-order valence-electron chi connectivity index (χ3n) is 0.960. The average Bonchev–Trinajstić information content (AvgIpc) is 2.20. The molecule has 0 bridgehead atoms. The lowest BCUT2D eigenvalue weighted by molar-refractivity contribution is -0.118. The monoisotopic (exact) mass is 130 g/mol. The average molecular weight is 130 g/mol. The van der Waals surface area contributed by atoms with Crippen LogP contribution >= 0.6 is 0 Å². The van der Waals surface area contributed by atoms with Crippen LogP contribution in [-0.4, -0.2) is 31.1 Å². The Bertz CT molecular complexity index is 93.1. The lowest BCUT2D eigenvalue weighted by atomic mass is 10.6. The number of amides is 1. The lowest BCUT2D eigenvalue weighted by Gasteiger charge is -1.98. The highest BCUT2D eigenvalue weighted by Crippen LogP contribution is 1.85. The number of likely N-dealkylation sites (N-methyl/N-ethyl adjacent to an activating group) is 1. The van der Waals surface area contributed by atoms with Crippen LogP contribution in [0.1, 0.15) is 13.8 Å². The zero-order chi connectivity index (χ0) is 7.28. The number of carbonyl (C=O) groups is 1. The second-order valence-electron chi connectivity index (χ2n) is 1.77. The summed E-state index contributed by atoms with van der Waals surface area (Å²) < 4.78 is 0. The van der Waals surface area contributed by atoms with Gasteiger partial charge in [0.1, 0.15) is 0 Å². The topological polar surface area (TPSA) is 32.3 Å². The Kier molecular flexibility index (Phi) is 4.05. The third kappa shape index (κ3) is 3.08. The van der Waals surface area contributed by atoms with Gasteiger partial charge in [-0.15, -0.1) is 0 Å². The van der Waals surface area contributed by atoms with Gasteiger partial charge in [0.05, 0.1) is 13.2 Å². The first-order valence-electron chi connectivity index (χ1n) is 3.24. The number of rotatable bonds is 0. The van der Waals surface area contributed by atoms with E-state index < -0.39 is 0 Å². The Morgan fingerprint density at radius 2 is 2.11 bits per heavy atom. The number of carbonyl (C=O) groups excluding carboxylic acids is 1. The van der Waals surface area contributed by atoms with Crippen molar-refractivity contribution in [3.63, 3.8) is 0 Å². The normalized spacial score (nSPS) is 18.3. The molecule has 0 unspecified atom stereocenters. The molecule has 0 aromatic carbocycles. The van der Waals surface area contributed by atoms with E-state index in [1.54, 1.807) is 0 Å². The Labute approximate surface area is 56.0 Å². The van der Waals surface area contributed by atoms with E-state index >= 15 is 0 Å². The molecule has 1 rings (SSSR count). The van der Waals surface area contributed by atoms with Crippen LogP contribution in [0.15, 0.2) is 0 Å².